The van der Waals surface area contributed by atoms with Gasteiger partial charge < -0.3 is 24.6 Å². The number of carbonyl (C=O) groups is 1. The molecule has 1 unspecified atom stereocenters. The van der Waals surface area contributed by atoms with Crippen LogP contribution in [0.3, 0.4) is 0 Å². The Labute approximate surface area is 186 Å². The number of aryl methyl sites for hydroxylation is 3. The summed E-state index contributed by atoms with van der Waals surface area (Å²) in [5, 5.41) is 21.7. The molecule has 2 aromatic carbocycles. The predicted molar refractivity (Wildman–Crippen MR) is 119 cm³/mol. The van der Waals surface area contributed by atoms with Crippen molar-refractivity contribution in [3.8, 4) is 22.9 Å². The highest BCUT2D eigenvalue weighted by Gasteiger charge is 2.19. The largest absolute Gasteiger partial charge is 0.493 e. The quantitative estimate of drug-likeness (QED) is 0.526. The third-order valence-corrected chi connectivity index (χ3v) is 4.87. The average Bonchev–Trinajstić information content (AvgIpc) is 3.16. The first-order valence-corrected chi connectivity index (χ1v) is 10.2. The molecule has 0 fully saturated rings. The maximum absolute atomic E-state index is 12.6. The predicted octanol–water partition coefficient (Wildman–Crippen LogP) is 2.38. The number of para-hydroxylation sites is 1. The summed E-state index contributed by atoms with van der Waals surface area (Å²) in [7, 11) is 3.04. The lowest BCUT2D eigenvalue weighted by molar-refractivity contribution is 0.0829. The number of hydrogen-bond donors (Lipinski definition) is 2. The highest BCUT2D eigenvalue weighted by molar-refractivity contribution is 5.93. The third kappa shape index (κ3) is 5.17. The second-order valence-corrected chi connectivity index (χ2v) is 7.38. The van der Waals surface area contributed by atoms with E-state index >= 15 is 0 Å². The van der Waals surface area contributed by atoms with Gasteiger partial charge in [0.2, 0.25) is 5.75 Å². The number of hydrogen-bond acceptors (Lipinski definition) is 7. The molecule has 0 bridgehead atoms. The maximum Gasteiger partial charge on any atom is 0.273 e. The van der Waals surface area contributed by atoms with Gasteiger partial charge in [-0.25, -0.2) is 0 Å². The van der Waals surface area contributed by atoms with Gasteiger partial charge in [-0.3, -0.25) is 4.79 Å². The number of nitrogens with zero attached hydrogens (tertiary/aromatic N) is 3. The maximum atomic E-state index is 12.6. The van der Waals surface area contributed by atoms with Crippen LogP contribution in [0.25, 0.3) is 5.69 Å². The minimum absolute atomic E-state index is 0.0217. The van der Waals surface area contributed by atoms with Crippen LogP contribution >= 0.6 is 0 Å². The van der Waals surface area contributed by atoms with Crippen molar-refractivity contribution >= 4 is 5.91 Å². The summed E-state index contributed by atoms with van der Waals surface area (Å²) < 4.78 is 16.2. The van der Waals surface area contributed by atoms with Crippen LogP contribution in [-0.2, 0) is 0 Å². The highest BCUT2D eigenvalue weighted by atomic mass is 16.5. The van der Waals surface area contributed by atoms with Crippen LogP contribution in [0.4, 0.5) is 0 Å². The molecule has 0 aliphatic heterocycles. The molecule has 1 aromatic heterocycles. The van der Waals surface area contributed by atoms with Crippen LogP contribution in [0.5, 0.6) is 17.2 Å². The van der Waals surface area contributed by atoms with E-state index in [1.807, 2.05) is 32.0 Å². The Hall–Kier alpha value is -3.59. The smallest absolute Gasteiger partial charge is 0.273 e. The summed E-state index contributed by atoms with van der Waals surface area (Å²) in [5.74, 6) is 0.931. The van der Waals surface area contributed by atoms with E-state index in [0.717, 1.165) is 16.8 Å². The normalized spacial score (nSPS) is 11.7. The average molecular weight is 441 g/mol. The third-order valence-electron chi connectivity index (χ3n) is 4.87. The summed E-state index contributed by atoms with van der Waals surface area (Å²) in [5.41, 5.74) is 3.63. The van der Waals surface area contributed by atoms with Crippen LogP contribution in [0.15, 0.2) is 36.4 Å². The number of ether oxygens (including phenoxy) is 3. The SMILES string of the molecule is COc1cccc(OC)c1OCC(O)CNC(=O)c1nn(-c2ccc(C)cc2C)nc1C. The molecule has 0 aliphatic rings. The molecule has 32 heavy (non-hydrogen) atoms. The molecule has 0 saturated heterocycles. The Morgan fingerprint density at radius 2 is 1.78 bits per heavy atom. The van der Waals surface area contributed by atoms with Gasteiger partial charge in [0.15, 0.2) is 17.2 Å². The van der Waals surface area contributed by atoms with Crippen molar-refractivity contribution in [2.75, 3.05) is 27.4 Å². The summed E-state index contributed by atoms with van der Waals surface area (Å²) in [6.07, 6.45) is -0.955. The monoisotopic (exact) mass is 440 g/mol. The number of benzene rings is 2. The zero-order chi connectivity index (χ0) is 23.3. The molecule has 9 nitrogen and oxygen atoms in total. The first-order chi connectivity index (χ1) is 15.3. The molecule has 1 heterocycles. The van der Waals surface area contributed by atoms with Gasteiger partial charge in [0.1, 0.15) is 12.7 Å². The summed E-state index contributed by atoms with van der Waals surface area (Å²) in [4.78, 5) is 14.1. The number of amides is 1. The van der Waals surface area contributed by atoms with E-state index in [-0.39, 0.29) is 18.8 Å². The van der Waals surface area contributed by atoms with Crippen molar-refractivity contribution in [1.29, 1.82) is 0 Å². The van der Waals surface area contributed by atoms with Crippen molar-refractivity contribution in [3.05, 3.63) is 58.9 Å². The van der Waals surface area contributed by atoms with Crippen molar-refractivity contribution in [2.45, 2.75) is 26.9 Å². The van der Waals surface area contributed by atoms with Gasteiger partial charge in [0, 0.05) is 6.54 Å². The van der Waals surface area contributed by atoms with Crippen molar-refractivity contribution < 1.29 is 24.1 Å². The van der Waals surface area contributed by atoms with Crippen molar-refractivity contribution in [1.82, 2.24) is 20.3 Å². The molecule has 3 rings (SSSR count). The zero-order valence-electron chi connectivity index (χ0n) is 18.9. The fraction of sp³-hybridized carbons (Fsp3) is 0.348. The van der Waals surface area contributed by atoms with Gasteiger partial charge in [-0.05, 0) is 44.5 Å². The lowest BCUT2D eigenvalue weighted by atomic mass is 10.1. The first-order valence-electron chi connectivity index (χ1n) is 10.2. The number of rotatable bonds is 9. The molecule has 170 valence electrons. The van der Waals surface area contributed by atoms with Crippen molar-refractivity contribution in [3.63, 3.8) is 0 Å². The number of aliphatic hydroxyl groups excluding tert-OH is 1. The Balaban J connectivity index is 1.61. The second-order valence-electron chi connectivity index (χ2n) is 7.38. The van der Waals surface area contributed by atoms with Gasteiger partial charge in [-0.15, -0.1) is 5.10 Å². The summed E-state index contributed by atoms with van der Waals surface area (Å²) in [6, 6.07) is 11.1. The van der Waals surface area contributed by atoms with Crippen molar-refractivity contribution in [2.24, 2.45) is 0 Å². The molecule has 2 N–H and O–H groups in total. The lowest BCUT2D eigenvalue weighted by Gasteiger charge is -2.17. The number of aromatic nitrogens is 3. The Kier molecular flexibility index (Phi) is 7.32. The number of carbonyl (C=O) groups excluding carboxylic acids is 1. The summed E-state index contributed by atoms with van der Waals surface area (Å²) >= 11 is 0. The standard InChI is InChI=1S/C23H28N4O5/c1-14-9-10-18(15(2)11-14)27-25-16(3)21(26-27)23(29)24-12-17(28)13-32-22-19(30-4)7-6-8-20(22)31-5/h6-11,17,28H,12-13H2,1-5H3,(H,24,29). The first kappa shape index (κ1) is 23.1. The van der Waals surface area contributed by atoms with Crippen LogP contribution in [-0.4, -0.2) is 59.5 Å². The number of aliphatic hydroxyl groups is 1. The van der Waals surface area contributed by atoms with E-state index in [1.54, 1.807) is 25.1 Å². The van der Waals surface area contributed by atoms with Crippen LogP contribution in [0.1, 0.15) is 27.3 Å². The molecule has 9 heteroatoms. The zero-order valence-corrected chi connectivity index (χ0v) is 18.9. The second kappa shape index (κ2) is 10.1. The fourth-order valence-electron chi connectivity index (χ4n) is 3.22. The van der Waals surface area contributed by atoms with Crippen LogP contribution in [0.2, 0.25) is 0 Å². The topological polar surface area (TPSA) is 108 Å². The van der Waals surface area contributed by atoms with E-state index in [4.69, 9.17) is 14.2 Å². The molecular weight excluding hydrogens is 412 g/mol. The molecule has 1 amide bonds. The van der Waals surface area contributed by atoms with E-state index in [1.165, 1.54) is 19.0 Å². The van der Waals surface area contributed by atoms with Gasteiger partial charge in [-0.1, -0.05) is 23.8 Å². The number of methoxy groups -OCH3 is 2. The molecule has 0 aliphatic carbocycles. The van der Waals surface area contributed by atoms with Gasteiger partial charge in [0.25, 0.3) is 5.91 Å². The minimum Gasteiger partial charge on any atom is -0.493 e. The molecule has 0 radical (unpaired) electrons. The molecule has 0 spiro atoms. The van der Waals surface area contributed by atoms with Crippen LogP contribution < -0.4 is 19.5 Å². The fourth-order valence-corrected chi connectivity index (χ4v) is 3.22. The Bertz CT molecular complexity index is 1070. The molecule has 3 aromatic rings. The molecule has 1 atom stereocenters. The molecular formula is C23H28N4O5. The van der Waals surface area contributed by atoms with E-state index in [2.05, 4.69) is 15.5 Å². The molecule has 0 saturated carbocycles. The van der Waals surface area contributed by atoms with Crippen LogP contribution in [0, 0.1) is 20.8 Å². The highest BCUT2D eigenvalue weighted by Crippen LogP contribution is 2.36. The minimum atomic E-state index is -0.955. The van der Waals surface area contributed by atoms with Gasteiger partial charge in [0.05, 0.1) is 25.6 Å². The Morgan fingerprint density at radius 1 is 1.09 bits per heavy atom. The van der Waals surface area contributed by atoms with E-state index in [0.29, 0.717) is 22.9 Å². The lowest BCUT2D eigenvalue weighted by Crippen LogP contribution is -2.35. The number of nitrogens with one attached hydrogen (secondary N) is 1. The van der Waals surface area contributed by atoms with E-state index in [9.17, 15) is 9.90 Å². The van der Waals surface area contributed by atoms with E-state index < -0.39 is 12.0 Å². The van der Waals surface area contributed by atoms with Gasteiger partial charge >= 0.3 is 0 Å². The van der Waals surface area contributed by atoms with Gasteiger partial charge in [-0.2, -0.15) is 9.90 Å². The Morgan fingerprint density at radius 3 is 2.41 bits per heavy atom. The summed E-state index contributed by atoms with van der Waals surface area (Å²) in [6.45, 7) is 5.61.